The molecular weight excluding hydrogens is 388 g/mol. The molecule has 0 bridgehead atoms. The first-order valence-corrected chi connectivity index (χ1v) is 9.34. The summed E-state index contributed by atoms with van der Waals surface area (Å²) in [4.78, 5) is 4.02. The Bertz CT molecular complexity index is 381. The Kier molecular flexibility index (Phi) is 6.34. The highest BCUT2D eigenvalue weighted by atomic mass is 79.9. The molecule has 1 atom stereocenters. The highest BCUT2D eigenvalue weighted by Gasteiger charge is 2.19. The van der Waals surface area contributed by atoms with Gasteiger partial charge in [-0.25, -0.2) is 0 Å². The van der Waals surface area contributed by atoms with Crippen LogP contribution < -0.4 is 5.32 Å². The summed E-state index contributed by atoms with van der Waals surface area (Å²) in [6, 6.07) is 2.93. The molecule has 1 saturated heterocycles. The van der Waals surface area contributed by atoms with Gasteiger partial charge in [-0.1, -0.05) is 13.8 Å². The van der Waals surface area contributed by atoms with Crippen molar-refractivity contribution in [1.82, 2.24) is 10.2 Å². The maximum atomic E-state index is 3.61. The average molecular weight is 410 g/mol. The largest absolute Gasteiger partial charge is 0.313 e. The summed E-state index contributed by atoms with van der Waals surface area (Å²) in [7, 11) is 0. The fourth-order valence-electron chi connectivity index (χ4n) is 2.63. The van der Waals surface area contributed by atoms with Crippen LogP contribution in [-0.2, 0) is 6.54 Å². The molecule has 2 nitrogen and oxygen atoms in total. The molecule has 0 amide bonds. The molecule has 1 aromatic heterocycles. The zero-order valence-electron chi connectivity index (χ0n) is 11.6. The lowest BCUT2D eigenvalue weighted by atomic mass is 10.1. The molecule has 0 aromatic carbocycles. The van der Waals surface area contributed by atoms with Gasteiger partial charge in [0, 0.05) is 35.0 Å². The van der Waals surface area contributed by atoms with E-state index in [2.05, 4.69) is 62.0 Å². The van der Waals surface area contributed by atoms with Gasteiger partial charge in [0.25, 0.3) is 0 Å². The van der Waals surface area contributed by atoms with Crippen LogP contribution in [0.3, 0.4) is 0 Å². The third-order valence-electron chi connectivity index (χ3n) is 3.34. The quantitative estimate of drug-likeness (QED) is 0.744. The van der Waals surface area contributed by atoms with Crippen molar-refractivity contribution in [2.45, 2.75) is 39.3 Å². The molecule has 2 rings (SSSR count). The third-order valence-corrected chi connectivity index (χ3v) is 6.58. The molecule has 1 aromatic rings. The molecule has 108 valence electrons. The van der Waals surface area contributed by atoms with Crippen LogP contribution in [0.15, 0.2) is 14.3 Å². The van der Waals surface area contributed by atoms with Crippen LogP contribution in [0, 0.1) is 5.92 Å². The van der Waals surface area contributed by atoms with Gasteiger partial charge < -0.3 is 5.32 Å². The Morgan fingerprint density at radius 2 is 2.26 bits per heavy atom. The molecule has 1 fully saturated rings. The predicted octanol–water partition coefficient (Wildman–Crippen LogP) is 4.48. The van der Waals surface area contributed by atoms with E-state index < -0.39 is 0 Å². The zero-order chi connectivity index (χ0) is 13.8. The molecule has 1 aliphatic heterocycles. The zero-order valence-corrected chi connectivity index (χ0v) is 15.6. The van der Waals surface area contributed by atoms with Gasteiger partial charge in [-0.3, -0.25) is 4.90 Å². The SMILES string of the molecule is CC(C)CN(Cc1cc(Br)c(Br)s1)CC1CCCN1. The normalized spacial score (nSPS) is 19.8. The van der Waals surface area contributed by atoms with E-state index in [0.717, 1.165) is 6.54 Å². The lowest BCUT2D eigenvalue weighted by Crippen LogP contribution is -2.38. The molecule has 19 heavy (non-hydrogen) atoms. The minimum atomic E-state index is 0.686. The molecule has 2 heterocycles. The molecular formula is C14H22Br2N2S. The maximum Gasteiger partial charge on any atom is 0.0843 e. The van der Waals surface area contributed by atoms with Crippen molar-refractivity contribution >= 4 is 43.2 Å². The Morgan fingerprint density at radius 1 is 1.47 bits per heavy atom. The molecule has 0 saturated carbocycles. The predicted molar refractivity (Wildman–Crippen MR) is 90.9 cm³/mol. The minimum absolute atomic E-state index is 0.686. The van der Waals surface area contributed by atoms with Crippen LogP contribution in [0.1, 0.15) is 31.6 Å². The lowest BCUT2D eigenvalue weighted by molar-refractivity contribution is 0.218. The average Bonchev–Trinajstić information content (AvgIpc) is 2.89. The second-order valence-electron chi connectivity index (χ2n) is 5.72. The molecule has 5 heteroatoms. The van der Waals surface area contributed by atoms with Crippen LogP contribution in [0.25, 0.3) is 0 Å². The number of halogens is 2. The van der Waals surface area contributed by atoms with Crippen molar-refractivity contribution < 1.29 is 0 Å². The van der Waals surface area contributed by atoms with Crippen molar-refractivity contribution in [2.24, 2.45) is 5.92 Å². The summed E-state index contributed by atoms with van der Waals surface area (Å²) in [5.41, 5.74) is 0. The van der Waals surface area contributed by atoms with E-state index in [1.54, 1.807) is 0 Å². The van der Waals surface area contributed by atoms with Gasteiger partial charge in [0.1, 0.15) is 0 Å². The first kappa shape index (κ1) is 16.0. The van der Waals surface area contributed by atoms with E-state index >= 15 is 0 Å². The maximum absolute atomic E-state index is 3.61. The third kappa shape index (κ3) is 5.12. The first-order chi connectivity index (χ1) is 9.04. The van der Waals surface area contributed by atoms with Gasteiger partial charge in [0.15, 0.2) is 0 Å². The van der Waals surface area contributed by atoms with Crippen LogP contribution in [0.5, 0.6) is 0 Å². The second-order valence-corrected chi connectivity index (χ2v) is 9.02. The summed E-state index contributed by atoms with van der Waals surface area (Å²) in [6.45, 7) is 9.20. The number of rotatable bonds is 6. The van der Waals surface area contributed by atoms with Gasteiger partial charge >= 0.3 is 0 Å². The minimum Gasteiger partial charge on any atom is -0.313 e. The van der Waals surface area contributed by atoms with E-state index in [9.17, 15) is 0 Å². The monoisotopic (exact) mass is 408 g/mol. The molecule has 0 spiro atoms. The fraction of sp³-hybridized carbons (Fsp3) is 0.714. The number of thiophene rings is 1. The molecule has 0 aliphatic carbocycles. The number of nitrogens with zero attached hydrogens (tertiary/aromatic N) is 1. The summed E-state index contributed by atoms with van der Waals surface area (Å²) >= 11 is 9.00. The molecule has 1 aliphatic rings. The summed E-state index contributed by atoms with van der Waals surface area (Å²) in [6.07, 6.45) is 2.66. The van der Waals surface area contributed by atoms with E-state index in [1.807, 2.05) is 11.3 Å². The van der Waals surface area contributed by atoms with Crippen molar-refractivity contribution in [3.63, 3.8) is 0 Å². The Morgan fingerprint density at radius 3 is 2.79 bits per heavy atom. The van der Waals surface area contributed by atoms with Gasteiger partial charge in [-0.15, -0.1) is 11.3 Å². The number of hydrogen-bond donors (Lipinski definition) is 1. The lowest BCUT2D eigenvalue weighted by Gasteiger charge is -2.26. The van der Waals surface area contributed by atoms with E-state index in [-0.39, 0.29) is 0 Å². The van der Waals surface area contributed by atoms with Crippen LogP contribution in [0.4, 0.5) is 0 Å². The molecule has 1 unspecified atom stereocenters. The smallest absolute Gasteiger partial charge is 0.0843 e. The molecule has 0 radical (unpaired) electrons. The van der Waals surface area contributed by atoms with Gasteiger partial charge in [-0.05, 0) is 63.2 Å². The summed E-state index contributed by atoms with van der Waals surface area (Å²) < 4.78 is 2.38. The van der Waals surface area contributed by atoms with Crippen molar-refractivity contribution in [3.05, 3.63) is 19.2 Å². The Hall–Kier alpha value is 0.580. The second kappa shape index (κ2) is 7.55. The number of nitrogens with one attached hydrogen (secondary N) is 1. The van der Waals surface area contributed by atoms with Crippen molar-refractivity contribution in [3.8, 4) is 0 Å². The standard InChI is InChI=1S/C14H22Br2N2S/c1-10(2)7-18(8-11-4-3-5-17-11)9-12-6-13(15)14(16)19-12/h6,10-11,17H,3-5,7-9H2,1-2H3. The number of hydrogen-bond acceptors (Lipinski definition) is 3. The van der Waals surface area contributed by atoms with E-state index in [0.29, 0.717) is 12.0 Å². The topological polar surface area (TPSA) is 15.3 Å². The van der Waals surface area contributed by atoms with Crippen LogP contribution in [0.2, 0.25) is 0 Å². The summed E-state index contributed by atoms with van der Waals surface area (Å²) in [5.74, 6) is 0.716. The highest BCUT2D eigenvalue weighted by molar-refractivity contribution is 9.13. The fourth-order valence-corrected chi connectivity index (χ4v) is 4.85. The van der Waals surface area contributed by atoms with Gasteiger partial charge in [0.2, 0.25) is 0 Å². The van der Waals surface area contributed by atoms with Gasteiger partial charge in [0.05, 0.1) is 3.79 Å². The first-order valence-electron chi connectivity index (χ1n) is 6.94. The Labute approximate surface area is 137 Å². The van der Waals surface area contributed by atoms with Crippen molar-refractivity contribution in [1.29, 1.82) is 0 Å². The summed E-state index contributed by atoms with van der Waals surface area (Å²) in [5, 5.41) is 3.61. The molecule has 1 N–H and O–H groups in total. The van der Waals surface area contributed by atoms with E-state index in [4.69, 9.17) is 0 Å². The highest BCUT2D eigenvalue weighted by Crippen LogP contribution is 2.33. The van der Waals surface area contributed by atoms with Crippen LogP contribution >= 0.6 is 43.2 Å². The van der Waals surface area contributed by atoms with Crippen molar-refractivity contribution in [2.75, 3.05) is 19.6 Å². The Balaban J connectivity index is 1.95. The van der Waals surface area contributed by atoms with Gasteiger partial charge in [-0.2, -0.15) is 0 Å². The van der Waals surface area contributed by atoms with E-state index in [1.165, 1.54) is 45.6 Å². The van der Waals surface area contributed by atoms with Crippen LogP contribution in [-0.4, -0.2) is 30.6 Å².